The Morgan fingerprint density at radius 2 is 2.09 bits per heavy atom. The first-order chi connectivity index (χ1) is 10.1. The normalized spacial score (nSPS) is 17.4. The molecule has 2 rings (SSSR count). The Bertz CT molecular complexity index is 485. The van der Waals surface area contributed by atoms with Crippen molar-refractivity contribution in [2.75, 3.05) is 13.7 Å². The predicted molar refractivity (Wildman–Crippen MR) is 91.7 cm³/mol. The lowest BCUT2D eigenvalue weighted by atomic mass is 9.78. The zero-order valence-electron chi connectivity index (χ0n) is 13.4. The Morgan fingerprint density at radius 3 is 2.68 bits per heavy atom. The van der Waals surface area contributed by atoms with Crippen LogP contribution in [0.4, 0.5) is 0 Å². The number of hydrogen-bond donors (Lipinski definition) is 2. The molecule has 3 N–H and O–H groups in total. The zero-order chi connectivity index (χ0) is 15.3. The Hall–Kier alpha value is -1.26. The molecule has 0 spiro atoms. The van der Waals surface area contributed by atoms with E-state index in [0.717, 1.165) is 43.4 Å². The first-order valence-corrected chi connectivity index (χ1v) is 7.77. The van der Waals surface area contributed by atoms with Gasteiger partial charge in [-0.05, 0) is 43.9 Å². The van der Waals surface area contributed by atoms with Crippen molar-refractivity contribution in [2.24, 2.45) is 5.73 Å². The lowest BCUT2D eigenvalue weighted by Gasteiger charge is -2.28. The van der Waals surface area contributed by atoms with Crippen LogP contribution in [0.3, 0.4) is 0 Å². The van der Waals surface area contributed by atoms with E-state index in [2.05, 4.69) is 5.32 Å². The summed E-state index contributed by atoms with van der Waals surface area (Å²) >= 11 is 0. The highest BCUT2D eigenvalue weighted by molar-refractivity contribution is 5.88. The fourth-order valence-corrected chi connectivity index (χ4v) is 3.13. The first-order valence-electron chi connectivity index (χ1n) is 7.77. The number of ether oxygens (including phenoxy) is 1. The summed E-state index contributed by atoms with van der Waals surface area (Å²) < 4.78 is 5.30. The topological polar surface area (TPSA) is 64.3 Å². The van der Waals surface area contributed by atoms with Crippen molar-refractivity contribution in [3.63, 3.8) is 0 Å². The molecule has 1 aliphatic rings. The maximum absolute atomic E-state index is 12.8. The molecule has 1 saturated carbocycles. The van der Waals surface area contributed by atoms with Gasteiger partial charge in [0.1, 0.15) is 5.75 Å². The number of carbonyl (C=O) groups is 1. The standard InChI is InChI=1S/C17H26N2O2.ClH/c1-13(18)8-11-19-16(20)17(9-3-4-10-17)14-6-5-7-15(12-14)21-2;/h5-7,12-13H,3-4,8-11,18H2,1-2H3,(H,19,20);1H. The lowest BCUT2D eigenvalue weighted by Crippen LogP contribution is -2.43. The van der Waals surface area contributed by atoms with E-state index in [4.69, 9.17) is 10.5 Å². The Kier molecular flexibility index (Phi) is 7.17. The summed E-state index contributed by atoms with van der Waals surface area (Å²) in [6.07, 6.45) is 4.81. The number of nitrogens with one attached hydrogen (secondary N) is 1. The highest BCUT2D eigenvalue weighted by Crippen LogP contribution is 2.42. The van der Waals surface area contributed by atoms with E-state index in [0.29, 0.717) is 6.54 Å². The van der Waals surface area contributed by atoms with Gasteiger partial charge in [0.25, 0.3) is 0 Å². The van der Waals surface area contributed by atoms with Gasteiger partial charge in [-0.1, -0.05) is 25.0 Å². The molecule has 0 radical (unpaired) electrons. The third-order valence-electron chi connectivity index (χ3n) is 4.40. The van der Waals surface area contributed by atoms with Crippen molar-refractivity contribution in [1.29, 1.82) is 0 Å². The van der Waals surface area contributed by atoms with Crippen LogP contribution in [0.15, 0.2) is 24.3 Å². The lowest BCUT2D eigenvalue weighted by molar-refractivity contribution is -0.126. The van der Waals surface area contributed by atoms with Crippen LogP contribution >= 0.6 is 12.4 Å². The highest BCUT2D eigenvalue weighted by atomic mass is 35.5. The van der Waals surface area contributed by atoms with Crippen molar-refractivity contribution < 1.29 is 9.53 Å². The Morgan fingerprint density at radius 1 is 1.41 bits per heavy atom. The van der Waals surface area contributed by atoms with Crippen molar-refractivity contribution in [2.45, 2.75) is 50.5 Å². The molecule has 0 aromatic heterocycles. The molecule has 0 saturated heterocycles. The van der Waals surface area contributed by atoms with Crippen LogP contribution in [-0.2, 0) is 10.2 Å². The maximum atomic E-state index is 12.8. The summed E-state index contributed by atoms with van der Waals surface area (Å²) in [6.45, 7) is 2.60. The third-order valence-corrected chi connectivity index (χ3v) is 4.40. The number of rotatable bonds is 6. The summed E-state index contributed by atoms with van der Waals surface area (Å²) in [7, 11) is 1.66. The van der Waals surface area contributed by atoms with E-state index in [1.54, 1.807) is 7.11 Å². The molecule has 4 nitrogen and oxygen atoms in total. The highest BCUT2D eigenvalue weighted by Gasteiger charge is 2.42. The molecule has 0 aliphatic heterocycles. The van der Waals surface area contributed by atoms with Crippen molar-refractivity contribution >= 4 is 18.3 Å². The maximum Gasteiger partial charge on any atom is 0.230 e. The van der Waals surface area contributed by atoms with Gasteiger partial charge in [0.15, 0.2) is 0 Å². The second-order valence-electron chi connectivity index (χ2n) is 6.04. The van der Waals surface area contributed by atoms with Crippen LogP contribution in [0.2, 0.25) is 0 Å². The van der Waals surface area contributed by atoms with Crippen molar-refractivity contribution in [1.82, 2.24) is 5.32 Å². The first kappa shape index (κ1) is 18.8. The van der Waals surface area contributed by atoms with E-state index in [1.807, 2.05) is 31.2 Å². The monoisotopic (exact) mass is 326 g/mol. The molecule has 1 unspecified atom stereocenters. The number of methoxy groups -OCH3 is 1. The minimum atomic E-state index is -0.396. The van der Waals surface area contributed by atoms with Gasteiger partial charge in [-0.3, -0.25) is 4.79 Å². The molecular weight excluding hydrogens is 300 g/mol. The summed E-state index contributed by atoms with van der Waals surface area (Å²) in [5, 5.41) is 3.07. The molecule has 1 amide bonds. The molecule has 1 aromatic carbocycles. The summed E-state index contributed by atoms with van der Waals surface area (Å²) in [4.78, 5) is 12.8. The van der Waals surface area contributed by atoms with Gasteiger partial charge < -0.3 is 15.8 Å². The van der Waals surface area contributed by atoms with Crippen LogP contribution in [0.25, 0.3) is 0 Å². The second-order valence-corrected chi connectivity index (χ2v) is 6.04. The average Bonchev–Trinajstić information content (AvgIpc) is 2.97. The predicted octanol–water partition coefficient (Wildman–Crippen LogP) is 2.78. The Balaban J connectivity index is 0.00000242. The number of amides is 1. The van der Waals surface area contributed by atoms with Crippen molar-refractivity contribution in [3.8, 4) is 5.75 Å². The van der Waals surface area contributed by atoms with Gasteiger partial charge in [-0.15, -0.1) is 12.4 Å². The molecular formula is C17H27ClN2O2. The summed E-state index contributed by atoms with van der Waals surface area (Å²) in [6, 6.07) is 8.03. The molecule has 1 fully saturated rings. The molecule has 124 valence electrons. The zero-order valence-corrected chi connectivity index (χ0v) is 14.2. The van der Waals surface area contributed by atoms with E-state index < -0.39 is 5.41 Å². The smallest absolute Gasteiger partial charge is 0.230 e. The van der Waals surface area contributed by atoms with Gasteiger partial charge in [-0.2, -0.15) is 0 Å². The van der Waals surface area contributed by atoms with Crippen LogP contribution in [0.5, 0.6) is 5.75 Å². The largest absolute Gasteiger partial charge is 0.497 e. The summed E-state index contributed by atoms with van der Waals surface area (Å²) in [5.41, 5.74) is 6.42. The van der Waals surface area contributed by atoms with E-state index in [1.165, 1.54) is 0 Å². The molecule has 1 aromatic rings. The molecule has 1 atom stereocenters. The quantitative estimate of drug-likeness (QED) is 0.845. The van der Waals surface area contributed by atoms with Crippen molar-refractivity contribution in [3.05, 3.63) is 29.8 Å². The second kappa shape index (κ2) is 8.39. The van der Waals surface area contributed by atoms with Crippen LogP contribution in [0, 0.1) is 0 Å². The number of halogens is 1. The number of benzene rings is 1. The minimum absolute atomic E-state index is 0. The fraction of sp³-hybridized carbons (Fsp3) is 0.588. The van der Waals surface area contributed by atoms with Gasteiger partial charge in [0.05, 0.1) is 12.5 Å². The molecule has 0 bridgehead atoms. The van der Waals surface area contributed by atoms with E-state index in [-0.39, 0.29) is 24.4 Å². The van der Waals surface area contributed by atoms with Gasteiger partial charge >= 0.3 is 0 Å². The van der Waals surface area contributed by atoms with Crippen LogP contribution < -0.4 is 15.8 Å². The number of nitrogens with two attached hydrogens (primary N) is 1. The summed E-state index contributed by atoms with van der Waals surface area (Å²) in [5.74, 6) is 0.941. The third kappa shape index (κ3) is 4.14. The van der Waals surface area contributed by atoms with Gasteiger partial charge in [0.2, 0.25) is 5.91 Å². The van der Waals surface area contributed by atoms with Gasteiger partial charge in [-0.25, -0.2) is 0 Å². The molecule has 0 heterocycles. The molecule has 5 heteroatoms. The van der Waals surface area contributed by atoms with Crippen LogP contribution in [0.1, 0.15) is 44.6 Å². The fourth-order valence-electron chi connectivity index (χ4n) is 3.13. The number of carbonyl (C=O) groups excluding carboxylic acids is 1. The number of hydrogen-bond acceptors (Lipinski definition) is 3. The minimum Gasteiger partial charge on any atom is -0.497 e. The average molecular weight is 327 g/mol. The van der Waals surface area contributed by atoms with Crippen LogP contribution in [-0.4, -0.2) is 25.6 Å². The van der Waals surface area contributed by atoms with Gasteiger partial charge in [0, 0.05) is 12.6 Å². The van der Waals surface area contributed by atoms with E-state index >= 15 is 0 Å². The SMILES string of the molecule is COc1cccc(C2(C(=O)NCCC(C)N)CCCC2)c1.Cl. The van der Waals surface area contributed by atoms with E-state index in [9.17, 15) is 4.79 Å². The molecule has 22 heavy (non-hydrogen) atoms. The Labute approximate surface area is 139 Å². The molecule has 1 aliphatic carbocycles.